The predicted molar refractivity (Wildman–Crippen MR) is 75.9 cm³/mol. The first-order valence-corrected chi connectivity index (χ1v) is 6.43. The third kappa shape index (κ3) is 4.59. The quantitative estimate of drug-likeness (QED) is 0.784. The molecular weight excluding hydrogens is 277 g/mol. The molecule has 0 fully saturated rings. The summed E-state index contributed by atoms with van der Waals surface area (Å²) in [5, 5.41) is 8.96. The third-order valence-corrected chi connectivity index (χ3v) is 2.74. The van der Waals surface area contributed by atoms with Gasteiger partial charge in [0.1, 0.15) is 17.1 Å². The van der Waals surface area contributed by atoms with Gasteiger partial charge in [-0.3, -0.25) is 4.79 Å². The van der Waals surface area contributed by atoms with E-state index in [1.54, 1.807) is 6.92 Å². The average Bonchev–Trinajstić information content (AvgIpc) is 2.41. The van der Waals surface area contributed by atoms with Gasteiger partial charge in [0.15, 0.2) is 6.61 Å². The van der Waals surface area contributed by atoms with Gasteiger partial charge in [0.25, 0.3) is 5.91 Å². The molecule has 1 rings (SSSR count). The number of hydrogen-bond donors (Lipinski definition) is 1. The second kappa shape index (κ2) is 7.42. The minimum atomic E-state index is -1.44. The van der Waals surface area contributed by atoms with E-state index in [-0.39, 0.29) is 18.3 Å². The van der Waals surface area contributed by atoms with Gasteiger partial charge in [0, 0.05) is 13.1 Å². The first-order chi connectivity index (χ1) is 9.86. The fourth-order valence-electron chi connectivity index (χ4n) is 1.77. The number of amides is 1. The van der Waals surface area contributed by atoms with Gasteiger partial charge >= 0.3 is 5.97 Å². The fraction of sp³-hybridized carbons (Fsp3) is 0.333. The monoisotopic (exact) mass is 295 g/mol. The van der Waals surface area contributed by atoms with E-state index in [4.69, 9.17) is 9.84 Å². The Bertz CT molecular complexity index is 557. The van der Waals surface area contributed by atoms with Crippen molar-refractivity contribution in [2.24, 2.45) is 0 Å². The van der Waals surface area contributed by atoms with Crippen LogP contribution in [0.2, 0.25) is 0 Å². The van der Waals surface area contributed by atoms with Gasteiger partial charge in [-0.1, -0.05) is 18.2 Å². The minimum Gasteiger partial charge on any atom is -0.483 e. The Hall–Kier alpha value is -2.37. The second-order valence-corrected chi connectivity index (χ2v) is 4.57. The highest BCUT2D eigenvalue weighted by molar-refractivity contribution is 5.91. The zero-order chi connectivity index (χ0) is 16.0. The van der Waals surface area contributed by atoms with Crippen molar-refractivity contribution in [2.75, 3.05) is 19.7 Å². The van der Waals surface area contributed by atoms with Crippen LogP contribution in [-0.2, 0) is 4.79 Å². The molecule has 1 amide bonds. The molecule has 0 atom stereocenters. The molecule has 0 saturated heterocycles. The molecule has 0 aromatic heterocycles. The molecule has 114 valence electrons. The molecule has 21 heavy (non-hydrogen) atoms. The molecule has 0 radical (unpaired) electrons. The van der Waals surface area contributed by atoms with Crippen molar-refractivity contribution in [1.29, 1.82) is 0 Å². The normalized spacial score (nSPS) is 10.0. The smallest absolute Gasteiger partial charge is 0.342 e. The summed E-state index contributed by atoms with van der Waals surface area (Å²) in [5.74, 6) is -2.82. The summed E-state index contributed by atoms with van der Waals surface area (Å²) in [4.78, 5) is 24.5. The number of carboxylic acid groups (broad SMARTS) is 1. The molecule has 5 nitrogen and oxygen atoms in total. The summed E-state index contributed by atoms with van der Waals surface area (Å²) in [6.07, 6.45) is 0. The molecule has 0 aliphatic carbocycles. The van der Waals surface area contributed by atoms with Crippen molar-refractivity contribution in [3.63, 3.8) is 0 Å². The van der Waals surface area contributed by atoms with Crippen LogP contribution < -0.4 is 4.74 Å². The zero-order valence-electron chi connectivity index (χ0n) is 12.1. The number of carbonyl (C=O) groups is 2. The molecule has 0 heterocycles. The number of nitrogens with zero attached hydrogens (tertiary/aromatic N) is 1. The van der Waals surface area contributed by atoms with Gasteiger partial charge in [-0.2, -0.15) is 0 Å². The van der Waals surface area contributed by atoms with Crippen molar-refractivity contribution in [3.05, 3.63) is 41.7 Å². The number of ether oxygens (including phenoxy) is 1. The molecule has 6 heteroatoms. The van der Waals surface area contributed by atoms with E-state index in [1.165, 1.54) is 17.0 Å². The maximum atomic E-state index is 13.5. The molecule has 0 aliphatic heterocycles. The second-order valence-electron chi connectivity index (χ2n) is 4.57. The Labute approximate surface area is 122 Å². The number of likely N-dealkylation sites (N-methyl/N-ethyl adjacent to an activating group) is 1. The van der Waals surface area contributed by atoms with Crippen molar-refractivity contribution < 1.29 is 23.8 Å². The van der Waals surface area contributed by atoms with E-state index in [0.717, 1.165) is 11.6 Å². The summed E-state index contributed by atoms with van der Waals surface area (Å²) >= 11 is 0. The lowest BCUT2D eigenvalue weighted by Gasteiger charge is -2.21. The van der Waals surface area contributed by atoms with Crippen LogP contribution >= 0.6 is 0 Å². The number of aromatic carboxylic acids is 1. The van der Waals surface area contributed by atoms with Crippen molar-refractivity contribution in [2.45, 2.75) is 13.8 Å². The lowest BCUT2D eigenvalue weighted by atomic mass is 10.2. The molecule has 0 saturated carbocycles. The minimum absolute atomic E-state index is 0.165. The zero-order valence-corrected chi connectivity index (χ0v) is 12.1. The molecule has 1 aromatic rings. The Kier molecular flexibility index (Phi) is 5.90. The highest BCUT2D eigenvalue weighted by Gasteiger charge is 2.19. The van der Waals surface area contributed by atoms with Crippen LogP contribution in [0.15, 0.2) is 30.4 Å². The first-order valence-electron chi connectivity index (χ1n) is 6.43. The van der Waals surface area contributed by atoms with Crippen LogP contribution in [0.25, 0.3) is 0 Å². The number of hydrogen-bond acceptors (Lipinski definition) is 3. The standard InChI is InChI=1S/C15H18FNO4/c1-4-17(8-10(2)3)13(18)9-21-12-7-5-6-11(16)14(12)15(19)20/h5-7H,2,4,8-9H2,1,3H3,(H,19,20). The average molecular weight is 295 g/mol. The maximum absolute atomic E-state index is 13.5. The van der Waals surface area contributed by atoms with Gasteiger partial charge in [-0.25, -0.2) is 9.18 Å². The van der Waals surface area contributed by atoms with Crippen LogP contribution in [0.3, 0.4) is 0 Å². The van der Waals surface area contributed by atoms with Crippen molar-refractivity contribution in [3.8, 4) is 5.75 Å². The summed E-state index contributed by atoms with van der Waals surface area (Å²) in [6.45, 7) is 7.86. The van der Waals surface area contributed by atoms with Gasteiger partial charge in [0.05, 0.1) is 0 Å². The lowest BCUT2D eigenvalue weighted by molar-refractivity contribution is -0.132. The maximum Gasteiger partial charge on any atom is 0.342 e. The number of rotatable bonds is 7. The van der Waals surface area contributed by atoms with E-state index in [2.05, 4.69) is 6.58 Å². The SMILES string of the molecule is C=C(C)CN(CC)C(=O)COc1cccc(F)c1C(=O)O. The van der Waals surface area contributed by atoms with Gasteiger partial charge in [0.2, 0.25) is 0 Å². The molecule has 1 N–H and O–H groups in total. The number of carbonyl (C=O) groups excluding carboxylic acids is 1. The van der Waals surface area contributed by atoms with Crippen molar-refractivity contribution in [1.82, 2.24) is 4.90 Å². The molecule has 1 aromatic carbocycles. The Morgan fingerprint density at radius 1 is 1.43 bits per heavy atom. The number of benzene rings is 1. The molecule has 0 unspecified atom stereocenters. The largest absolute Gasteiger partial charge is 0.483 e. The highest BCUT2D eigenvalue weighted by atomic mass is 19.1. The fourth-order valence-corrected chi connectivity index (χ4v) is 1.77. The summed E-state index contributed by atoms with van der Waals surface area (Å²) in [5.41, 5.74) is 0.246. The molecule has 0 aliphatic rings. The number of carboxylic acids is 1. The van der Waals surface area contributed by atoms with E-state index < -0.39 is 17.3 Å². The molecule has 0 spiro atoms. The van der Waals surface area contributed by atoms with Gasteiger partial charge < -0.3 is 14.7 Å². The van der Waals surface area contributed by atoms with Gasteiger partial charge in [-0.05, 0) is 26.0 Å². The Morgan fingerprint density at radius 2 is 2.10 bits per heavy atom. The Morgan fingerprint density at radius 3 is 2.62 bits per heavy atom. The van der Waals surface area contributed by atoms with E-state index in [9.17, 15) is 14.0 Å². The molecule has 0 bridgehead atoms. The van der Waals surface area contributed by atoms with Crippen LogP contribution in [0.1, 0.15) is 24.2 Å². The lowest BCUT2D eigenvalue weighted by Crippen LogP contribution is -2.36. The van der Waals surface area contributed by atoms with Crippen molar-refractivity contribution >= 4 is 11.9 Å². The van der Waals surface area contributed by atoms with Crippen LogP contribution in [0.5, 0.6) is 5.75 Å². The summed E-state index contributed by atoms with van der Waals surface area (Å²) < 4.78 is 18.6. The summed E-state index contributed by atoms with van der Waals surface area (Å²) in [6, 6.07) is 3.67. The molecular formula is C15H18FNO4. The number of halogens is 1. The van der Waals surface area contributed by atoms with Crippen LogP contribution in [0.4, 0.5) is 4.39 Å². The highest BCUT2D eigenvalue weighted by Crippen LogP contribution is 2.21. The predicted octanol–water partition coefficient (Wildman–Crippen LogP) is 2.33. The third-order valence-electron chi connectivity index (χ3n) is 2.74. The van der Waals surface area contributed by atoms with E-state index in [1.807, 2.05) is 6.92 Å². The summed E-state index contributed by atoms with van der Waals surface area (Å²) in [7, 11) is 0. The van der Waals surface area contributed by atoms with E-state index >= 15 is 0 Å². The topological polar surface area (TPSA) is 66.8 Å². The van der Waals surface area contributed by atoms with Crippen LogP contribution in [-0.4, -0.2) is 41.6 Å². The van der Waals surface area contributed by atoms with E-state index in [0.29, 0.717) is 13.1 Å². The van der Waals surface area contributed by atoms with Gasteiger partial charge in [-0.15, -0.1) is 0 Å². The first kappa shape index (κ1) is 16.7. The Balaban J connectivity index is 2.79. The van der Waals surface area contributed by atoms with Crippen LogP contribution in [0, 0.1) is 5.82 Å².